The minimum Gasteiger partial charge on any atom is -0.373 e. The standard InChI is InChI=1S/C10H11N5S/c1-7-14-8(11-2)5-10(15-7)16-9-3-4-12-6-13-9/h3-6H,1-2H3,(H,11,14,15). The largest absolute Gasteiger partial charge is 0.373 e. The molecule has 1 N–H and O–H groups in total. The van der Waals surface area contributed by atoms with Crippen molar-refractivity contribution >= 4 is 17.6 Å². The quantitative estimate of drug-likeness (QED) is 0.815. The molecule has 82 valence electrons. The topological polar surface area (TPSA) is 63.6 Å². The Morgan fingerprint density at radius 1 is 1.25 bits per heavy atom. The van der Waals surface area contributed by atoms with E-state index < -0.39 is 0 Å². The van der Waals surface area contributed by atoms with E-state index >= 15 is 0 Å². The maximum atomic E-state index is 4.33. The second kappa shape index (κ2) is 4.89. The van der Waals surface area contributed by atoms with E-state index in [9.17, 15) is 0 Å². The smallest absolute Gasteiger partial charge is 0.130 e. The van der Waals surface area contributed by atoms with E-state index in [0.29, 0.717) is 0 Å². The molecule has 2 rings (SSSR count). The van der Waals surface area contributed by atoms with Crippen LogP contribution in [0, 0.1) is 6.92 Å². The summed E-state index contributed by atoms with van der Waals surface area (Å²) in [7, 11) is 1.83. The lowest BCUT2D eigenvalue weighted by Crippen LogP contribution is -1.97. The van der Waals surface area contributed by atoms with Crippen LogP contribution < -0.4 is 5.32 Å². The first kappa shape index (κ1) is 10.8. The van der Waals surface area contributed by atoms with Crippen LogP contribution in [0.1, 0.15) is 5.82 Å². The maximum absolute atomic E-state index is 4.33. The normalized spacial score (nSPS) is 10.1. The van der Waals surface area contributed by atoms with Gasteiger partial charge in [-0.2, -0.15) is 0 Å². The molecule has 0 aliphatic heterocycles. The van der Waals surface area contributed by atoms with Gasteiger partial charge in [-0.3, -0.25) is 0 Å². The van der Waals surface area contributed by atoms with Crippen molar-refractivity contribution in [3.05, 3.63) is 30.5 Å². The molecule has 0 amide bonds. The van der Waals surface area contributed by atoms with E-state index in [4.69, 9.17) is 0 Å². The summed E-state index contributed by atoms with van der Waals surface area (Å²) < 4.78 is 0. The number of aryl methyl sites for hydroxylation is 1. The van der Waals surface area contributed by atoms with Crippen molar-refractivity contribution in [3.63, 3.8) is 0 Å². The fourth-order valence-corrected chi connectivity index (χ4v) is 1.96. The van der Waals surface area contributed by atoms with Crippen LogP contribution in [0.3, 0.4) is 0 Å². The molecule has 5 nitrogen and oxygen atoms in total. The van der Waals surface area contributed by atoms with Crippen molar-refractivity contribution in [2.45, 2.75) is 17.0 Å². The lowest BCUT2D eigenvalue weighted by Gasteiger charge is -2.04. The predicted molar refractivity (Wildman–Crippen MR) is 62.5 cm³/mol. The van der Waals surface area contributed by atoms with Crippen LogP contribution >= 0.6 is 11.8 Å². The fraction of sp³-hybridized carbons (Fsp3) is 0.200. The van der Waals surface area contributed by atoms with Crippen LogP contribution in [0.4, 0.5) is 5.82 Å². The van der Waals surface area contributed by atoms with E-state index in [1.54, 1.807) is 6.20 Å². The molecule has 0 saturated heterocycles. The Balaban J connectivity index is 2.24. The maximum Gasteiger partial charge on any atom is 0.130 e. The summed E-state index contributed by atoms with van der Waals surface area (Å²) in [4.78, 5) is 16.6. The molecule has 6 heteroatoms. The lowest BCUT2D eigenvalue weighted by atomic mass is 10.5. The molecule has 0 aliphatic carbocycles. The highest BCUT2D eigenvalue weighted by Gasteiger charge is 2.03. The van der Waals surface area contributed by atoms with Gasteiger partial charge in [-0.1, -0.05) is 0 Å². The van der Waals surface area contributed by atoms with Gasteiger partial charge in [0.15, 0.2) is 0 Å². The molecule has 0 aliphatic rings. The van der Waals surface area contributed by atoms with E-state index in [-0.39, 0.29) is 0 Å². The molecule has 0 aromatic carbocycles. The molecule has 0 radical (unpaired) electrons. The van der Waals surface area contributed by atoms with Gasteiger partial charge in [0.2, 0.25) is 0 Å². The number of nitrogens with zero attached hydrogens (tertiary/aromatic N) is 4. The van der Waals surface area contributed by atoms with Crippen LogP contribution in [0.5, 0.6) is 0 Å². The number of hydrogen-bond donors (Lipinski definition) is 1. The zero-order chi connectivity index (χ0) is 11.4. The summed E-state index contributed by atoms with van der Waals surface area (Å²) in [6, 6.07) is 3.74. The van der Waals surface area contributed by atoms with Gasteiger partial charge < -0.3 is 5.32 Å². The second-order valence-corrected chi connectivity index (χ2v) is 4.08. The molecule has 0 bridgehead atoms. The Labute approximate surface area is 97.8 Å². The summed E-state index contributed by atoms with van der Waals surface area (Å²) in [6.45, 7) is 1.87. The first-order chi connectivity index (χ1) is 7.78. The van der Waals surface area contributed by atoms with Crippen molar-refractivity contribution in [2.24, 2.45) is 0 Å². The number of anilines is 1. The molecule has 2 aromatic rings. The SMILES string of the molecule is CNc1cc(Sc2ccncn2)nc(C)n1. The van der Waals surface area contributed by atoms with Gasteiger partial charge in [-0.25, -0.2) is 19.9 Å². The van der Waals surface area contributed by atoms with Crippen LogP contribution in [-0.4, -0.2) is 27.0 Å². The zero-order valence-electron chi connectivity index (χ0n) is 9.01. The third kappa shape index (κ3) is 2.66. The van der Waals surface area contributed by atoms with Gasteiger partial charge in [0.1, 0.15) is 28.0 Å². The molecule has 2 aromatic heterocycles. The second-order valence-electron chi connectivity index (χ2n) is 3.04. The van der Waals surface area contributed by atoms with Gasteiger partial charge in [-0.15, -0.1) is 0 Å². The average molecular weight is 233 g/mol. The molecule has 2 heterocycles. The Bertz CT molecular complexity index is 474. The van der Waals surface area contributed by atoms with E-state index in [0.717, 1.165) is 21.7 Å². The van der Waals surface area contributed by atoms with E-state index in [1.807, 2.05) is 26.1 Å². The number of rotatable bonds is 3. The van der Waals surface area contributed by atoms with Crippen LogP contribution in [0.2, 0.25) is 0 Å². The first-order valence-electron chi connectivity index (χ1n) is 4.75. The van der Waals surface area contributed by atoms with Crippen LogP contribution in [0.25, 0.3) is 0 Å². The minimum atomic E-state index is 0.739. The highest BCUT2D eigenvalue weighted by atomic mass is 32.2. The summed E-state index contributed by atoms with van der Waals surface area (Å²) in [6.07, 6.45) is 3.23. The molecule has 0 spiro atoms. The number of aromatic nitrogens is 4. The van der Waals surface area contributed by atoms with Gasteiger partial charge in [0.25, 0.3) is 0 Å². The van der Waals surface area contributed by atoms with Gasteiger partial charge in [0.05, 0.1) is 0 Å². The highest BCUT2D eigenvalue weighted by molar-refractivity contribution is 7.99. The van der Waals surface area contributed by atoms with Crippen molar-refractivity contribution in [1.82, 2.24) is 19.9 Å². The van der Waals surface area contributed by atoms with Crippen molar-refractivity contribution in [3.8, 4) is 0 Å². The third-order valence-corrected chi connectivity index (χ3v) is 2.70. The van der Waals surface area contributed by atoms with Gasteiger partial charge >= 0.3 is 0 Å². The lowest BCUT2D eigenvalue weighted by molar-refractivity contribution is 0.962. The predicted octanol–water partition coefficient (Wildman–Crippen LogP) is 1.77. The fourth-order valence-electron chi connectivity index (χ4n) is 1.17. The summed E-state index contributed by atoms with van der Waals surface area (Å²) >= 11 is 1.49. The number of nitrogens with one attached hydrogen (secondary N) is 1. The molecule has 0 fully saturated rings. The molecule has 0 atom stereocenters. The van der Waals surface area contributed by atoms with Gasteiger partial charge in [-0.05, 0) is 24.8 Å². The first-order valence-corrected chi connectivity index (χ1v) is 5.57. The highest BCUT2D eigenvalue weighted by Crippen LogP contribution is 2.24. The molecule has 16 heavy (non-hydrogen) atoms. The Morgan fingerprint density at radius 3 is 2.81 bits per heavy atom. The van der Waals surface area contributed by atoms with Crippen LogP contribution in [-0.2, 0) is 0 Å². The van der Waals surface area contributed by atoms with Crippen molar-refractivity contribution < 1.29 is 0 Å². The minimum absolute atomic E-state index is 0.739. The molecular weight excluding hydrogens is 222 g/mol. The van der Waals surface area contributed by atoms with Gasteiger partial charge in [0, 0.05) is 19.3 Å². The summed E-state index contributed by atoms with van der Waals surface area (Å²) in [5.74, 6) is 1.55. The average Bonchev–Trinajstić information content (AvgIpc) is 2.29. The summed E-state index contributed by atoms with van der Waals surface area (Å²) in [5.41, 5.74) is 0. The van der Waals surface area contributed by atoms with Crippen LogP contribution in [0.15, 0.2) is 34.7 Å². The Hall–Kier alpha value is -1.69. The molecular formula is C10H11N5S. The monoisotopic (exact) mass is 233 g/mol. The Morgan fingerprint density at radius 2 is 2.12 bits per heavy atom. The van der Waals surface area contributed by atoms with E-state index in [1.165, 1.54) is 18.1 Å². The molecule has 0 saturated carbocycles. The zero-order valence-corrected chi connectivity index (χ0v) is 9.82. The molecule has 0 unspecified atom stereocenters. The number of hydrogen-bond acceptors (Lipinski definition) is 6. The van der Waals surface area contributed by atoms with Crippen molar-refractivity contribution in [1.29, 1.82) is 0 Å². The third-order valence-electron chi connectivity index (χ3n) is 1.83. The summed E-state index contributed by atoms with van der Waals surface area (Å²) in [5, 5.41) is 4.74. The Kier molecular flexibility index (Phi) is 3.31. The van der Waals surface area contributed by atoms with Crippen molar-refractivity contribution in [2.75, 3.05) is 12.4 Å². The van der Waals surface area contributed by atoms with E-state index in [2.05, 4.69) is 25.3 Å².